The molecule has 0 aromatic heterocycles. The van der Waals surface area contributed by atoms with Gasteiger partial charge in [0.1, 0.15) is 18.1 Å². The number of amides is 3. The molecule has 14 heteroatoms. The zero-order chi connectivity index (χ0) is 29.2. The first-order chi connectivity index (χ1) is 18.6. The Bertz CT molecular complexity index is 948. The van der Waals surface area contributed by atoms with E-state index in [9.17, 15) is 24.3 Å². The number of nitrogens with two attached hydrogens (primary N) is 3. The fraction of sp³-hybridized carbons (Fsp3) is 0.560. The average Bonchev–Trinajstić information content (AvgIpc) is 2.90. The summed E-state index contributed by atoms with van der Waals surface area (Å²) in [6, 6.07) is 5.09. The van der Waals surface area contributed by atoms with Crippen molar-refractivity contribution in [3.8, 4) is 0 Å². The van der Waals surface area contributed by atoms with Crippen LogP contribution in [0.3, 0.4) is 0 Å². The molecule has 218 valence electrons. The SMILES string of the molecule is CSCCC(NC(=O)C(Cc1ccccc1)NC(=O)C(CCSC)NC(=O)C(N)CCCN=C(N)N)C(=O)O. The van der Waals surface area contributed by atoms with E-state index in [0.717, 1.165) is 5.56 Å². The van der Waals surface area contributed by atoms with Crippen molar-refractivity contribution < 1.29 is 24.3 Å². The Balaban J connectivity index is 3.00. The number of nitrogens with zero attached hydrogens (tertiary/aromatic N) is 1. The number of hydrogen-bond donors (Lipinski definition) is 7. The number of thioether (sulfide) groups is 2. The van der Waals surface area contributed by atoms with Crippen molar-refractivity contribution in [2.45, 2.75) is 56.3 Å². The monoisotopic (exact) mass is 583 g/mol. The number of carboxylic acids is 1. The van der Waals surface area contributed by atoms with Crippen LogP contribution < -0.4 is 33.2 Å². The minimum atomic E-state index is -1.15. The van der Waals surface area contributed by atoms with Gasteiger partial charge in [-0.2, -0.15) is 23.5 Å². The first-order valence-electron chi connectivity index (χ1n) is 12.6. The molecule has 0 aliphatic rings. The minimum Gasteiger partial charge on any atom is -0.480 e. The first-order valence-corrected chi connectivity index (χ1v) is 15.3. The van der Waals surface area contributed by atoms with Crippen LogP contribution >= 0.6 is 23.5 Å². The summed E-state index contributed by atoms with van der Waals surface area (Å²) in [6.45, 7) is 0.324. The Hall–Kier alpha value is -2.97. The van der Waals surface area contributed by atoms with Gasteiger partial charge < -0.3 is 38.3 Å². The van der Waals surface area contributed by atoms with Gasteiger partial charge in [0, 0.05) is 13.0 Å². The van der Waals surface area contributed by atoms with Crippen molar-refractivity contribution in [2.75, 3.05) is 30.6 Å². The topological polar surface area (TPSA) is 215 Å². The molecule has 0 spiro atoms. The number of rotatable bonds is 19. The second-order valence-electron chi connectivity index (χ2n) is 8.83. The van der Waals surface area contributed by atoms with E-state index in [1.165, 1.54) is 23.5 Å². The number of aliphatic carboxylic acids is 1. The number of nitrogens with one attached hydrogen (secondary N) is 3. The zero-order valence-corrected chi connectivity index (χ0v) is 24.1. The number of guanidine groups is 1. The van der Waals surface area contributed by atoms with Crippen LogP contribution in [0.2, 0.25) is 0 Å². The van der Waals surface area contributed by atoms with Gasteiger partial charge in [-0.25, -0.2) is 4.79 Å². The van der Waals surface area contributed by atoms with Gasteiger partial charge in [0.15, 0.2) is 5.96 Å². The molecule has 0 aliphatic carbocycles. The lowest BCUT2D eigenvalue weighted by Gasteiger charge is -2.25. The summed E-state index contributed by atoms with van der Waals surface area (Å²) in [6.07, 6.45) is 5.20. The molecule has 3 amide bonds. The number of hydrogen-bond acceptors (Lipinski definition) is 8. The standard InChI is InChI=1S/C25H41N7O5S2/c1-38-13-10-18(30-21(33)17(26)9-6-12-29-25(27)28)22(34)32-20(15-16-7-4-3-5-8-16)23(35)31-19(24(36)37)11-14-39-2/h3-5,7-8,17-20H,6,9-15,26H2,1-2H3,(H,30,33)(H,31,35)(H,32,34)(H,36,37)(H4,27,28,29). The Morgan fingerprint density at radius 3 is 1.95 bits per heavy atom. The van der Waals surface area contributed by atoms with Crippen molar-refractivity contribution in [3.05, 3.63) is 35.9 Å². The third kappa shape index (κ3) is 14.1. The number of benzene rings is 1. The van der Waals surface area contributed by atoms with Gasteiger partial charge >= 0.3 is 5.97 Å². The highest BCUT2D eigenvalue weighted by molar-refractivity contribution is 7.98. The van der Waals surface area contributed by atoms with Crippen LogP contribution in [0.4, 0.5) is 0 Å². The maximum absolute atomic E-state index is 13.3. The molecular weight excluding hydrogens is 542 g/mol. The van der Waals surface area contributed by atoms with Gasteiger partial charge in [-0.1, -0.05) is 30.3 Å². The van der Waals surface area contributed by atoms with E-state index in [1.54, 1.807) is 12.1 Å². The molecule has 12 nitrogen and oxygen atoms in total. The number of aliphatic imine (C=N–C) groups is 1. The summed E-state index contributed by atoms with van der Waals surface area (Å²) in [4.78, 5) is 54.8. The van der Waals surface area contributed by atoms with E-state index >= 15 is 0 Å². The highest BCUT2D eigenvalue weighted by atomic mass is 32.2. The fourth-order valence-electron chi connectivity index (χ4n) is 3.53. The molecule has 4 atom stereocenters. The van der Waals surface area contributed by atoms with Gasteiger partial charge in [-0.3, -0.25) is 19.4 Å². The van der Waals surface area contributed by atoms with E-state index < -0.39 is 47.9 Å². The summed E-state index contributed by atoms with van der Waals surface area (Å²) in [5.74, 6) is -1.76. The molecule has 10 N–H and O–H groups in total. The van der Waals surface area contributed by atoms with E-state index in [-0.39, 0.29) is 18.8 Å². The first kappa shape index (κ1) is 34.1. The normalized spacial score (nSPS) is 13.8. The molecule has 1 rings (SSSR count). The molecule has 0 radical (unpaired) electrons. The largest absolute Gasteiger partial charge is 0.480 e. The van der Waals surface area contributed by atoms with E-state index in [4.69, 9.17) is 17.2 Å². The Morgan fingerprint density at radius 2 is 1.38 bits per heavy atom. The molecule has 1 aromatic carbocycles. The number of carbonyl (C=O) groups is 4. The number of carboxylic acid groups (broad SMARTS) is 1. The number of carbonyl (C=O) groups excluding carboxylic acids is 3. The lowest BCUT2D eigenvalue weighted by atomic mass is 10.0. The third-order valence-electron chi connectivity index (χ3n) is 5.69. The summed E-state index contributed by atoms with van der Waals surface area (Å²) in [5.41, 5.74) is 17.4. The van der Waals surface area contributed by atoms with Crippen LogP contribution in [0, 0.1) is 0 Å². The van der Waals surface area contributed by atoms with Crippen LogP contribution in [0.1, 0.15) is 31.2 Å². The summed E-state index contributed by atoms with van der Waals surface area (Å²) < 4.78 is 0. The Morgan fingerprint density at radius 1 is 0.846 bits per heavy atom. The zero-order valence-electron chi connectivity index (χ0n) is 22.4. The second-order valence-corrected chi connectivity index (χ2v) is 10.8. The summed E-state index contributed by atoms with van der Waals surface area (Å²) in [7, 11) is 0. The van der Waals surface area contributed by atoms with E-state index in [2.05, 4.69) is 20.9 Å². The smallest absolute Gasteiger partial charge is 0.326 e. The van der Waals surface area contributed by atoms with E-state index in [1.807, 2.05) is 30.7 Å². The predicted molar refractivity (Wildman–Crippen MR) is 157 cm³/mol. The van der Waals surface area contributed by atoms with Crippen LogP contribution in [0.15, 0.2) is 35.3 Å². The second kappa shape index (κ2) is 19.1. The lowest BCUT2D eigenvalue weighted by Crippen LogP contribution is -2.57. The molecule has 39 heavy (non-hydrogen) atoms. The van der Waals surface area contributed by atoms with Gasteiger partial charge in [0.25, 0.3) is 0 Å². The maximum Gasteiger partial charge on any atom is 0.326 e. The minimum absolute atomic E-state index is 0.0464. The molecule has 1 aromatic rings. The third-order valence-corrected chi connectivity index (χ3v) is 6.98. The molecule has 0 bridgehead atoms. The highest BCUT2D eigenvalue weighted by Crippen LogP contribution is 2.08. The van der Waals surface area contributed by atoms with Crippen LogP contribution in [0.25, 0.3) is 0 Å². The van der Waals surface area contributed by atoms with Crippen LogP contribution in [-0.2, 0) is 25.6 Å². The average molecular weight is 584 g/mol. The van der Waals surface area contributed by atoms with Crippen molar-refractivity contribution in [1.82, 2.24) is 16.0 Å². The fourth-order valence-corrected chi connectivity index (χ4v) is 4.47. The summed E-state index contributed by atoms with van der Waals surface area (Å²) >= 11 is 2.97. The molecular formula is C25H41N7O5S2. The van der Waals surface area contributed by atoms with Gasteiger partial charge in [0.05, 0.1) is 6.04 Å². The van der Waals surface area contributed by atoms with Gasteiger partial charge in [0.2, 0.25) is 17.7 Å². The highest BCUT2D eigenvalue weighted by Gasteiger charge is 2.30. The summed E-state index contributed by atoms with van der Waals surface area (Å²) in [5, 5.41) is 17.5. The van der Waals surface area contributed by atoms with Crippen molar-refractivity contribution >= 4 is 53.2 Å². The lowest BCUT2D eigenvalue weighted by molar-refractivity contribution is -0.142. The Kier molecular flexibility index (Phi) is 16.7. The van der Waals surface area contributed by atoms with Gasteiger partial charge in [-0.15, -0.1) is 0 Å². The molecule has 0 heterocycles. The molecule has 4 unspecified atom stereocenters. The molecule has 0 saturated heterocycles. The van der Waals surface area contributed by atoms with Crippen molar-refractivity contribution in [2.24, 2.45) is 22.2 Å². The van der Waals surface area contributed by atoms with Crippen molar-refractivity contribution in [1.29, 1.82) is 0 Å². The van der Waals surface area contributed by atoms with Crippen LogP contribution in [-0.4, -0.2) is 89.5 Å². The molecule has 0 fully saturated rings. The quantitative estimate of drug-likeness (QED) is 0.0638. The van der Waals surface area contributed by atoms with E-state index in [0.29, 0.717) is 37.3 Å². The molecule has 0 aliphatic heterocycles. The predicted octanol–water partition coefficient (Wildman–Crippen LogP) is -0.345. The Labute approximate surface area is 238 Å². The van der Waals surface area contributed by atoms with Crippen molar-refractivity contribution in [3.63, 3.8) is 0 Å². The van der Waals surface area contributed by atoms with Gasteiger partial charge in [-0.05, 0) is 55.3 Å². The molecule has 0 saturated carbocycles. The maximum atomic E-state index is 13.3. The van der Waals surface area contributed by atoms with Crippen LogP contribution in [0.5, 0.6) is 0 Å².